The second-order valence-corrected chi connectivity index (χ2v) is 8.45. The summed E-state index contributed by atoms with van der Waals surface area (Å²) >= 11 is 0. The van der Waals surface area contributed by atoms with Crippen molar-refractivity contribution >= 4 is 35.0 Å². The van der Waals surface area contributed by atoms with Gasteiger partial charge in [0.05, 0.1) is 23.2 Å². The van der Waals surface area contributed by atoms with Crippen LogP contribution >= 0.6 is 0 Å². The van der Waals surface area contributed by atoms with Gasteiger partial charge in [-0.2, -0.15) is 0 Å². The monoisotopic (exact) mass is 458 g/mol. The van der Waals surface area contributed by atoms with E-state index in [1.807, 2.05) is 0 Å². The largest absolute Gasteiger partial charge is 0.507 e. The predicted octanol–water partition coefficient (Wildman–Crippen LogP) is 2.05. The topological polar surface area (TPSA) is 99.3 Å². The third-order valence-electron chi connectivity index (χ3n) is 6.46. The predicted molar refractivity (Wildman–Crippen MR) is 132 cm³/mol. The molecule has 0 spiro atoms. The van der Waals surface area contributed by atoms with E-state index in [2.05, 4.69) is 16.6 Å². The Labute approximate surface area is 198 Å². The number of rotatable bonds is 1. The van der Waals surface area contributed by atoms with Crippen LogP contribution in [-0.2, 0) is 0 Å². The Morgan fingerprint density at radius 1 is 0.771 bits per heavy atom. The molecule has 0 aromatic heterocycles. The summed E-state index contributed by atoms with van der Waals surface area (Å²) in [7, 11) is 0. The van der Waals surface area contributed by atoms with Gasteiger partial charge in [-0.3, -0.25) is 14.6 Å². The van der Waals surface area contributed by atoms with Gasteiger partial charge in [0, 0.05) is 37.9 Å². The highest BCUT2D eigenvalue weighted by molar-refractivity contribution is 6.28. The summed E-state index contributed by atoms with van der Waals surface area (Å²) in [6.07, 6.45) is 3.30. The zero-order valence-corrected chi connectivity index (χ0v) is 18.4. The summed E-state index contributed by atoms with van der Waals surface area (Å²) in [6.45, 7) is 4.18. The molecule has 0 atom stereocenters. The van der Waals surface area contributed by atoms with Crippen LogP contribution in [0.1, 0.15) is 31.8 Å². The van der Waals surface area contributed by atoms with Crippen molar-refractivity contribution < 1.29 is 19.8 Å². The van der Waals surface area contributed by atoms with Crippen molar-refractivity contribution in [1.82, 2.24) is 0 Å². The van der Waals surface area contributed by atoms with E-state index < -0.39 is 0 Å². The molecule has 35 heavy (non-hydrogen) atoms. The molecule has 0 saturated carbocycles. The molecule has 1 aliphatic heterocycles. The van der Waals surface area contributed by atoms with E-state index in [0.717, 1.165) is 0 Å². The van der Waals surface area contributed by atoms with E-state index in [0.29, 0.717) is 54.3 Å². The van der Waals surface area contributed by atoms with Crippen LogP contribution in [0.3, 0.4) is 0 Å². The number of phenolic OH excluding ortho intramolecular Hbond substituents is 2. The van der Waals surface area contributed by atoms with Crippen LogP contribution in [0.2, 0.25) is 0 Å². The standard InChI is InChI=1S/C29H18N2O4/c1-15-17(27(33)19-7-3-2-6-18(19)26(15)32)11-10-16-14-30-23-13-12-22-24(25(23)31-16)29(35)21-9-5-4-8-20(21)28(22)34/h2-13,32-33H,1,14H2/b16-10+,17-11+. The first kappa shape index (κ1) is 20.7. The van der Waals surface area contributed by atoms with Gasteiger partial charge in [-0.1, -0.05) is 55.1 Å². The molecule has 0 amide bonds. The number of nitrogens with zero attached hydrogens (tertiary/aromatic N) is 2. The Morgan fingerprint density at radius 3 is 2.17 bits per heavy atom. The van der Waals surface area contributed by atoms with Gasteiger partial charge in [0.25, 0.3) is 0 Å². The average molecular weight is 458 g/mol. The number of hydrogen-bond acceptors (Lipinski definition) is 6. The molecule has 2 aliphatic rings. The maximum atomic E-state index is 13.3. The molecule has 0 unspecified atom stereocenters. The molecule has 0 radical (unpaired) electrons. The van der Waals surface area contributed by atoms with Gasteiger partial charge in [0.15, 0.2) is 11.6 Å². The van der Waals surface area contributed by atoms with Crippen LogP contribution in [0, 0.1) is 0 Å². The SMILES string of the molecule is C=c1c(O)c2ccccc2c(O)/c1=C/C=C1\CN=c2ccc3c(c2=N1)C(=O)c1ccccc1C3=O. The number of allylic oxidation sites excluding steroid dienone is 1. The molecular formula is C29H18N2O4. The minimum absolute atomic E-state index is 0.00293. The van der Waals surface area contributed by atoms with Gasteiger partial charge in [0.2, 0.25) is 0 Å². The summed E-state index contributed by atoms with van der Waals surface area (Å²) < 4.78 is 0. The third kappa shape index (κ3) is 3.04. The molecule has 1 heterocycles. The molecule has 6 heteroatoms. The first-order valence-electron chi connectivity index (χ1n) is 11.0. The van der Waals surface area contributed by atoms with Crippen molar-refractivity contribution in [2.24, 2.45) is 9.98 Å². The molecule has 168 valence electrons. The quantitative estimate of drug-likeness (QED) is 0.376. The van der Waals surface area contributed by atoms with Crippen LogP contribution in [-0.4, -0.2) is 28.3 Å². The average Bonchev–Trinajstić information content (AvgIpc) is 2.89. The lowest BCUT2D eigenvalue weighted by Gasteiger charge is -2.18. The number of hydrogen-bond donors (Lipinski definition) is 2. The lowest BCUT2D eigenvalue weighted by molar-refractivity contribution is 0.0978. The Balaban J connectivity index is 1.55. The highest BCUT2D eigenvalue weighted by Gasteiger charge is 2.31. The smallest absolute Gasteiger partial charge is 0.196 e. The molecular weight excluding hydrogens is 440 g/mol. The Morgan fingerprint density at radius 2 is 1.43 bits per heavy atom. The van der Waals surface area contributed by atoms with E-state index in [1.54, 1.807) is 72.8 Å². The summed E-state index contributed by atoms with van der Waals surface area (Å²) in [5.74, 6) is -0.471. The minimum Gasteiger partial charge on any atom is -0.507 e. The lowest BCUT2D eigenvalue weighted by atomic mass is 9.83. The normalized spacial score (nSPS) is 15.9. The van der Waals surface area contributed by atoms with Gasteiger partial charge in [-0.15, -0.1) is 0 Å². The summed E-state index contributed by atoms with van der Waals surface area (Å²) in [5.41, 5.74) is 1.85. The summed E-state index contributed by atoms with van der Waals surface area (Å²) in [5, 5.41) is 24.0. The van der Waals surface area contributed by atoms with Crippen molar-refractivity contribution in [2.45, 2.75) is 0 Å². The zero-order valence-electron chi connectivity index (χ0n) is 18.4. The first-order valence-corrected chi connectivity index (χ1v) is 11.0. The maximum Gasteiger partial charge on any atom is 0.196 e. The Kier molecular flexibility index (Phi) is 4.50. The van der Waals surface area contributed by atoms with Crippen LogP contribution in [0.15, 0.2) is 82.4 Å². The fourth-order valence-corrected chi connectivity index (χ4v) is 4.67. The second kappa shape index (κ2) is 7.60. The van der Waals surface area contributed by atoms with Gasteiger partial charge >= 0.3 is 0 Å². The lowest BCUT2D eigenvalue weighted by Crippen LogP contribution is -2.39. The second-order valence-electron chi connectivity index (χ2n) is 8.45. The van der Waals surface area contributed by atoms with Gasteiger partial charge < -0.3 is 10.2 Å². The number of carbonyl (C=O) groups is 2. The number of ketones is 2. The number of aromatic hydroxyl groups is 2. The van der Waals surface area contributed by atoms with E-state index in [1.165, 1.54) is 0 Å². The highest BCUT2D eigenvalue weighted by Crippen LogP contribution is 2.26. The van der Waals surface area contributed by atoms with Gasteiger partial charge in [-0.05, 0) is 24.3 Å². The van der Waals surface area contributed by atoms with Crippen LogP contribution in [0.5, 0.6) is 11.5 Å². The van der Waals surface area contributed by atoms with Crippen LogP contribution in [0.4, 0.5) is 0 Å². The molecule has 6 rings (SSSR count). The highest BCUT2D eigenvalue weighted by atomic mass is 16.3. The molecule has 2 N–H and O–H groups in total. The molecule has 1 aliphatic carbocycles. The molecule has 0 fully saturated rings. The van der Waals surface area contributed by atoms with Crippen molar-refractivity contribution in [2.75, 3.05) is 6.54 Å². The van der Waals surface area contributed by atoms with Gasteiger partial charge in [-0.25, -0.2) is 4.99 Å². The molecule has 4 aromatic rings. The van der Waals surface area contributed by atoms with Gasteiger partial charge in [0.1, 0.15) is 16.9 Å². The fourth-order valence-electron chi connectivity index (χ4n) is 4.67. The van der Waals surface area contributed by atoms with E-state index in [9.17, 15) is 19.8 Å². The number of carbonyl (C=O) groups excluding carboxylic acids is 2. The van der Waals surface area contributed by atoms with E-state index >= 15 is 0 Å². The Bertz CT molecular complexity index is 1900. The number of fused-ring (bicyclic) bond motifs is 5. The fraction of sp³-hybridized carbons (Fsp3) is 0.0345. The van der Waals surface area contributed by atoms with Crippen molar-refractivity contribution in [3.05, 3.63) is 116 Å². The molecule has 6 nitrogen and oxygen atoms in total. The molecule has 4 aromatic carbocycles. The number of benzene rings is 4. The molecule has 0 bridgehead atoms. The maximum absolute atomic E-state index is 13.3. The number of phenols is 2. The van der Waals surface area contributed by atoms with Crippen molar-refractivity contribution in [3.63, 3.8) is 0 Å². The summed E-state index contributed by atoms with van der Waals surface area (Å²) in [6, 6.07) is 17.1. The van der Waals surface area contributed by atoms with Crippen LogP contribution < -0.4 is 21.2 Å². The van der Waals surface area contributed by atoms with E-state index in [-0.39, 0.29) is 35.2 Å². The zero-order chi connectivity index (χ0) is 24.3. The van der Waals surface area contributed by atoms with Crippen LogP contribution in [0.25, 0.3) is 23.4 Å². The van der Waals surface area contributed by atoms with Crippen molar-refractivity contribution in [1.29, 1.82) is 0 Å². The third-order valence-corrected chi connectivity index (χ3v) is 6.46. The van der Waals surface area contributed by atoms with Crippen molar-refractivity contribution in [3.8, 4) is 11.5 Å². The molecule has 0 saturated heterocycles. The van der Waals surface area contributed by atoms with E-state index in [4.69, 9.17) is 0 Å². The Hall–Kier alpha value is -4.84. The minimum atomic E-state index is -0.256. The summed E-state index contributed by atoms with van der Waals surface area (Å²) in [4.78, 5) is 35.6. The first-order chi connectivity index (χ1) is 17.0.